The minimum Gasteiger partial charge on any atom is -0.342 e. The molecule has 1 rings (SSSR count). The van der Waals surface area contributed by atoms with Crippen LogP contribution >= 0.6 is 0 Å². The maximum Gasteiger partial charge on any atom is 0.222 e. The van der Waals surface area contributed by atoms with Crippen LogP contribution in [0.15, 0.2) is 0 Å². The lowest BCUT2D eigenvalue weighted by atomic mass is 9.93. The summed E-state index contributed by atoms with van der Waals surface area (Å²) in [6, 6.07) is 0.232. The van der Waals surface area contributed by atoms with Gasteiger partial charge in [-0.2, -0.15) is 0 Å². The number of carbonyl (C=O) groups is 1. The standard InChI is InChI=1S/C9H18N2O/c1-3-4-9(12)11-5-8(6-11)7(2)10/h7-8H,3-6,10H2,1-2H3. The smallest absolute Gasteiger partial charge is 0.222 e. The average molecular weight is 170 g/mol. The van der Waals surface area contributed by atoms with Crippen molar-refractivity contribution in [2.75, 3.05) is 13.1 Å². The van der Waals surface area contributed by atoms with Crippen molar-refractivity contribution >= 4 is 5.91 Å². The predicted octanol–water partition coefficient (Wildman–Crippen LogP) is 0.592. The van der Waals surface area contributed by atoms with E-state index in [4.69, 9.17) is 5.73 Å². The van der Waals surface area contributed by atoms with Crippen LogP contribution in [0.25, 0.3) is 0 Å². The van der Waals surface area contributed by atoms with Gasteiger partial charge in [-0.05, 0) is 13.3 Å². The molecule has 2 N–H and O–H groups in total. The zero-order valence-corrected chi connectivity index (χ0v) is 7.92. The van der Waals surface area contributed by atoms with Gasteiger partial charge in [0.2, 0.25) is 5.91 Å². The fourth-order valence-electron chi connectivity index (χ4n) is 1.42. The Kier molecular flexibility index (Phi) is 3.09. The number of nitrogens with zero attached hydrogens (tertiary/aromatic N) is 1. The maximum absolute atomic E-state index is 11.3. The second kappa shape index (κ2) is 3.90. The molecule has 3 heteroatoms. The fourth-order valence-corrected chi connectivity index (χ4v) is 1.42. The third-order valence-corrected chi connectivity index (χ3v) is 2.47. The molecule has 0 aliphatic carbocycles. The van der Waals surface area contributed by atoms with Gasteiger partial charge in [-0.1, -0.05) is 6.92 Å². The zero-order valence-electron chi connectivity index (χ0n) is 7.92. The summed E-state index contributed by atoms with van der Waals surface area (Å²) in [5.74, 6) is 0.820. The molecule has 1 aliphatic heterocycles. The molecule has 1 atom stereocenters. The van der Waals surface area contributed by atoms with Crippen LogP contribution in [0, 0.1) is 5.92 Å². The van der Waals surface area contributed by atoms with Crippen LogP contribution in [-0.4, -0.2) is 29.9 Å². The van der Waals surface area contributed by atoms with E-state index in [1.54, 1.807) is 0 Å². The van der Waals surface area contributed by atoms with Crippen LogP contribution < -0.4 is 5.73 Å². The summed E-state index contributed by atoms with van der Waals surface area (Å²) < 4.78 is 0. The highest BCUT2D eigenvalue weighted by Crippen LogP contribution is 2.18. The van der Waals surface area contributed by atoms with Gasteiger partial charge < -0.3 is 10.6 Å². The highest BCUT2D eigenvalue weighted by molar-refractivity contribution is 5.76. The van der Waals surface area contributed by atoms with Crippen molar-refractivity contribution in [1.82, 2.24) is 4.90 Å². The molecule has 1 saturated heterocycles. The number of likely N-dealkylation sites (tertiary alicyclic amines) is 1. The lowest BCUT2D eigenvalue weighted by Gasteiger charge is -2.41. The van der Waals surface area contributed by atoms with Crippen LogP contribution in [-0.2, 0) is 4.79 Å². The van der Waals surface area contributed by atoms with Crippen molar-refractivity contribution in [1.29, 1.82) is 0 Å². The number of nitrogens with two attached hydrogens (primary N) is 1. The second-order valence-corrected chi connectivity index (χ2v) is 3.67. The van der Waals surface area contributed by atoms with Gasteiger partial charge in [0.25, 0.3) is 0 Å². The van der Waals surface area contributed by atoms with Gasteiger partial charge in [-0.25, -0.2) is 0 Å². The molecule has 0 radical (unpaired) electrons. The van der Waals surface area contributed by atoms with Gasteiger partial charge in [-0.3, -0.25) is 4.79 Å². The molecule has 1 fully saturated rings. The molecule has 0 saturated carbocycles. The van der Waals surface area contributed by atoms with Crippen molar-refractivity contribution in [3.05, 3.63) is 0 Å². The van der Waals surface area contributed by atoms with Crippen LogP contribution in [0.2, 0.25) is 0 Å². The summed E-state index contributed by atoms with van der Waals surface area (Å²) in [4.78, 5) is 13.2. The van der Waals surface area contributed by atoms with Crippen LogP contribution in [0.4, 0.5) is 0 Å². The highest BCUT2D eigenvalue weighted by atomic mass is 16.2. The highest BCUT2D eigenvalue weighted by Gasteiger charge is 2.31. The summed E-state index contributed by atoms with van der Waals surface area (Å²) in [7, 11) is 0. The number of hydrogen-bond donors (Lipinski definition) is 1. The minimum absolute atomic E-state index is 0.232. The second-order valence-electron chi connectivity index (χ2n) is 3.67. The maximum atomic E-state index is 11.3. The summed E-state index contributed by atoms with van der Waals surface area (Å²) in [6.45, 7) is 5.78. The van der Waals surface area contributed by atoms with Gasteiger partial charge in [-0.15, -0.1) is 0 Å². The molecular formula is C9H18N2O. The Morgan fingerprint density at radius 3 is 2.67 bits per heavy atom. The molecule has 1 unspecified atom stereocenters. The Morgan fingerprint density at radius 2 is 2.25 bits per heavy atom. The number of hydrogen-bond acceptors (Lipinski definition) is 2. The third-order valence-electron chi connectivity index (χ3n) is 2.47. The predicted molar refractivity (Wildman–Crippen MR) is 48.6 cm³/mol. The van der Waals surface area contributed by atoms with E-state index >= 15 is 0 Å². The molecule has 0 bridgehead atoms. The summed E-state index contributed by atoms with van der Waals surface area (Å²) in [5.41, 5.74) is 5.70. The quantitative estimate of drug-likeness (QED) is 0.674. The van der Waals surface area contributed by atoms with Crippen molar-refractivity contribution in [2.24, 2.45) is 11.7 Å². The van der Waals surface area contributed by atoms with Crippen molar-refractivity contribution in [3.8, 4) is 0 Å². The molecule has 3 nitrogen and oxygen atoms in total. The number of rotatable bonds is 3. The first-order valence-electron chi connectivity index (χ1n) is 4.68. The van der Waals surface area contributed by atoms with Gasteiger partial charge >= 0.3 is 0 Å². The largest absolute Gasteiger partial charge is 0.342 e. The van der Waals surface area contributed by atoms with Gasteiger partial charge in [0, 0.05) is 31.5 Å². The Hall–Kier alpha value is -0.570. The zero-order chi connectivity index (χ0) is 9.14. The molecule has 0 aromatic rings. The van der Waals surface area contributed by atoms with E-state index in [1.165, 1.54) is 0 Å². The molecule has 70 valence electrons. The first-order chi connectivity index (χ1) is 5.65. The number of amides is 1. The Bertz CT molecular complexity index is 162. The van der Waals surface area contributed by atoms with Crippen LogP contribution in [0.3, 0.4) is 0 Å². The van der Waals surface area contributed by atoms with E-state index in [0.717, 1.165) is 19.5 Å². The molecule has 0 aromatic carbocycles. The summed E-state index contributed by atoms with van der Waals surface area (Å²) in [6.07, 6.45) is 1.63. The van der Waals surface area contributed by atoms with E-state index in [9.17, 15) is 4.79 Å². The van der Waals surface area contributed by atoms with E-state index in [1.807, 2.05) is 18.7 Å². The molecule has 0 spiro atoms. The van der Waals surface area contributed by atoms with Crippen LogP contribution in [0.1, 0.15) is 26.7 Å². The Labute approximate surface area is 73.9 Å². The van der Waals surface area contributed by atoms with E-state index in [-0.39, 0.29) is 11.9 Å². The van der Waals surface area contributed by atoms with Crippen molar-refractivity contribution in [2.45, 2.75) is 32.7 Å². The lowest BCUT2D eigenvalue weighted by Crippen LogP contribution is -2.55. The molecule has 1 heterocycles. The first-order valence-corrected chi connectivity index (χ1v) is 4.68. The topological polar surface area (TPSA) is 46.3 Å². The minimum atomic E-state index is 0.232. The van der Waals surface area contributed by atoms with Crippen molar-refractivity contribution in [3.63, 3.8) is 0 Å². The SMILES string of the molecule is CCCC(=O)N1CC(C(C)N)C1. The van der Waals surface area contributed by atoms with Crippen LogP contribution in [0.5, 0.6) is 0 Å². The fraction of sp³-hybridized carbons (Fsp3) is 0.889. The normalized spacial score (nSPS) is 20.4. The average Bonchev–Trinajstić information content (AvgIpc) is 1.82. The van der Waals surface area contributed by atoms with E-state index < -0.39 is 0 Å². The Morgan fingerprint density at radius 1 is 1.67 bits per heavy atom. The summed E-state index contributed by atoms with van der Waals surface area (Å²) >= 11 is 0. The summed E-state index contributed by atoms with van der Waals surface area (Å²) in [5, 5.41) is 0. The molecule has 1 amide bonds. The third kappa shape index (κ3) is 1.97. The lowest BCUT2D eigenvalue weighted by molar-refractivity contribution is -0.137. The van der Waals surface area contributed by atoms with Gasteiger partial charge in [0.05, 0.1) is 0 Å². The molecular weight excluding hydrogens is 152 g/mol. The number of carbonyl (C=O) groups excluding carboxylic acids is 1. The molecule has 12 heavy (non-hydrogen) atoms. The molecule has 0 aromatic heterocycles. The van der Waals surface area contributed by atoms with Gasteiger partial charge in [0.1, 0.15) is 0 Å². The van der Waals surface area contributed by atoms with Gasteiger partial charge in [0.15, 0.2) is 0 Å². The monoisotopic (exact) mass is 170 g/mol. The van der Waals surface area contributed by atoms with E-state index in [0.29, 0.717) is 12.3 Å². The van der Waals surface area contributed by atoms with Crippen molar-refractivity contribution < 1.29 is 4.79 Å². The first kappa shape index (κ1) is 9.52. The van der Waals surface area contributed by atoms with E-state index in [2.05, 4.69) is 0 Å². The Balaban J connectivity index is 2.20. The molecule has 1 aliphatic rings.